The van der Waals surface area contributed by atoms with Gasteiger partial charge in [-0.25, -0.2) is 18.2 Å². The van der Waals surface area contributed by atoms with Gasteiger partial charge in [-0.2, -0.15) is 4.31 Å². The van der Waals surface area contributed by atoms with E-state index >= 15 is 0 Å². The van der Waals surface area contributed by atoms with Crippen LogP contribution >= 0.6 is 11.3 Å². The molecule has 1 atom stereocenters. The highest BCUT2D eigenvalue weighted by molar-refractivity contribution is 7.91. The van der Waals surface area contributed by atoms with Gasteiger partial charge in [0, 0.05) is 13.1 Å². The fourth-order valence-corrected chi connectivity index (χ4v) is 4.93. The van der Waals surface area contributed by atoms with Crippen molar-refractivity contribution in [2.75, 3.05) is 13.1 Å². The minimum atomic E-state index is -3.92. The third-order valence-electron chi connectivity index (χ3n) is 2.95. The molecule has 0 spiro atoms. The van der Waals surface area contributed by atoms with Gasteiger partial charge in [-0.3, -0.25) is 0 Å². The van der Waals surface area contributed by atoms with Crippen LogP contribution in [0.25, 0.3) is 0 Å². The summed E-state index contributed by atoms with van der Waals surface area (Å²) in [6.45, 7) is 1.81. The van der Waals surface area contributed by atoms with E-state index in [1.807, 2.05) is 0 Å². The monoisotopic (exact) mass is 306 g/mol. The first-order valence-electron chi connectivity index (χ1n) is 5.63. The van der Waals surface area contributed by atoms with Gasteiger partial charge >= 0.3 is 5.97 Å². The molecule has 0 amide bonds. The molecule has 2 N–H and O–H groups in total. The molecule has 1 fully saturated rings. The topological polar surface area (TPSA) is 108 Å². The van der Waals surface area contributed by atoms with E-state index < -0.39 is 27.3 Å². The summed E-state index contributed by atoms with van der Waals surface area (Å²) < 4.78 is 25.6. The number of β-amino-alcohol motifs (C(OH)–C–C–N with tert-alkyl or cyclic N) is 1. The Hall–Kier alpha value is -1.03. The Morgan fingerprint density at radius 2 is 2.26 bits per heavy atom. The number of piperidine rings is 1. The van der Waals surface area contributed by atoms with Crippen LogP contribution < -0.4 is 0 Å². The van der Waals surface area contributed by atoms with E-state index in [1.54, 1.807) is 6.92 Å². The molecule has 1 aromatic heterocycles. The number of nitrogens with zero attached hydrogens (tertiary/aromatic N) is 2. The van der Waals surface area contributed by atoms with Gasteiger partial charge in [0.2, 0.25) is 0 Å². The van der Waals surface area contributed by atoms with Crippen molar-refractivity contribution in [1.82, 2.24) is 9.29 Å². The predicted octanol–water partition coefficient (Wildman–Crippen LogP) is 0.377. The maximum absolute atomic E-state index is 12.4. The van der Waals surface area contributed by atoms with Gasteiger partial charge in [-0.05, 0) is 19.8 Å². The van der Waals surface area contributed by atoms with Crippen molar-refractivity contribution in [3.8, 4) is 0 Å². The van der Waals surface area contributed by atoms with Crippen LogP contribution in [0.2, 0.25) is 0 Å². The number of aromatic carboxylic acids is 1. The number of carboxylic acid groups (broad SMARTS) is 1. The lowest BCUT2D eigenvalue weighted by molar-refractivity contribution is 0.00944. The third-order valence-corrected chi connectivity index (χ3v) is 6.14. The summed E-state index contributed by atoms with van der Waals surface area (Å²) in [5.41, 5.74) is -0.354. The van der Waals surface area contributed by atoms with Gasteiger partial charge < -0.3 is 10.2 Å². The second kappa shape index (κ2) is 4.82. The number of hydrogen-bond acceptors (Lipinski definition) is 6. The highest BCUT2D eigenvalue weighted by Gasteiger charge is 2.38. The summed E-state index contributed by atoms with van der Waals surface area (Å²) in [5, 5.41) is 18.9. The zero-order valence-electron chi connectivity index (χ0n) is 10.2. The molecule has 2 rings (SSSR count). The van der Waals surface area contributed by atoms with E-state index in [0.717, 1.165) is 15.6 Å². The van der Waals surface area contributed by atoms with Gasteiger partial charge in [-0.15, -0.1) is 11.3 Å². The minimum Gasteiger partial charge on any atom is -0.476 e. The highest BCUT2D eigenvalue weighted by Crippen LogP contribution is 2.29. The van der Waals surface area contributed by atoms with Gasteiger partial charge in [0.1, 0.15) is 0 Å². The number of thiazole rings is 1. The normalized spacial score (nSPS) is 25.4. The molecule has 0 bridgehead atoms. The summed E-state index contributed by atoms with van der Waals surface area (Å²) in [5.74, 6) is -1.37. The van der Waals surface area contributed by atoms with Crippen LogP contribution in [0.4, 0.5) is 0 Å². The van der Waals surface area contributed by atoms with Gasteiger partial charge in [0.05, 0.1) is 11.1 Å². The molecule has 1 aliphatic heterocycles. The molecule has 2 heterocycles. The molecule has 0 aromatic carbocycles. The number of aliphatic hydroxyl groups is 1. The highest BCUT2D eigenvalue weighted by atomic mass is 32.2. The molecular weight excluding hydrogens is 292 g/mol. The van der Waals surface area contributed by atoms with Crippen LogP contribution in [0.15, 0.2) is 9.72 Å². The lowest BCUT2D eigenvalue weighted by Gasteiger charge is -2.35. The molecule has 106 valence electrons. The van der Waals surface area contributed by atoms with Crippen molar-refractivity contribution in [3.63, 3.8) is 0 Å². The minimum absolute atomic E-state index is 0.0354. The van der Waals surface area contributed by atoms with Gasteiger partial charge in [0.15, 0.2) is 9.90 Å². The van der Waals surface area contributed by atoms with E-state index in [4.69, 9.17) is 5.11 Å². The SMILES string of the molecule is CC1(O)CCCN(S(=O)(=O)c2scnc2C(=O)O)C1. The lowest BCUT2D eigenvalue weighted by Crippen LogP contribution is -2.48. The number of hydrogen-bond donors (Lipinski definition) is 2. The molecule has 19 heavy (non-hydrogen) atoms. The number of sulfonamides is 1. The lowest BCUT2D eigenvalue weighted by atomic mass is 9.97. The average Bonchev–Trinajstić information content (AvgIpc) is 2.77. The smallest absolute Gasteiger partial charge is 0.356 e. The van der Waals surface area contributed by atoms with Crippen molar-refractivity contribution in [2.45, 2.75) is 29.6 Å². The van der Waals surface area contributed by atoms with E-state index in [1.165, 1.54) is 5.51 Å². The molecule has 0 saturated carbocycles. The third kappa shape index (κ3) is 2.78. The van der Waals surface area contributed by atoms with Crippen LogP contribution in [0.3, 0.4) is 0 Å². The van der Waals surface area contributed by atoms with Crippen LogP contribution in [0.1, 0.15) is 30.3 Å². The maximum Gasteiger partial charge on any atom is 0.356 e. The Bertz CT molecular complexity index is 593. The van der Waals surface area contributed by atoms with Crippen molar-refractivity contribution < 1.29 is 23.4 Å². The first-order valence-corrected chi connectivity index (χ1v) is 7.95. The molecule has 1 aromatic rings. The predicted molar refractivity (Wildman–Crippen MR) is 67.7 cm³/mol. The first kappa shape index (κ1) is 14.4. The van der Waals surface area contributed by atoms with E-state index in [0.29, 0.717) is 12.8 Å². The van der Waals surface area contributed by atoms with Crippen LogP contribution in [0, 0.1) is 0 Å². The summed E-state index contributed by atoms with van der Waals surface area (Å²) in [6, 6.07) is 0. The van der Waals surface area contributed by atoms with Gasteiger partial charge in [0.25, 0.3) is 10.0 Å². The number of carboxylic acids is 1. The van der Waals surface area contributed by atoms with Gasteiger partial charge in [-0.1, -0.05) is 0 Å². The molecule has 7 nitrogen and oxygen atoms in total. The van der Waals surface area contributed by atoms with Crippen LogP contribution in [-0.4, -0.2) is 52.6 Å². The Kier molecular flexibility index (Phi) is 3.65. The second-order valence-corrected chi connectivity index (χ2v) is 7.72. The summed E-state index contributed by atoms with van der Waals surface area (Å²) in [4.78, 5) is 14.5. The molecular formula is C10H14N2O5S2. The van der Waals surface area contributed by atoms with E-state index in [9.17, 15) is 18.3 Å². The summed E-state index contributed by atoms with van der Waals surface area (Å²) in [7, 11) is -3.92. The maximum atomic E-state index is 12.4. The van der Waals surface area contributed by atoms with Crippen molar-refractivity contribution in [2.24, 2.45) is 0 Å². The van der Waals surface area contributed by atoms with Crippen molar-refractivity contribution in [1.29, 1.82) is 0 Å². The van der Waals surface area contributed by atoms with Crippen molar-refractivity contribution >= 4 is 27.3 Å². The standard InChI is InChI=1S/C10H14N2O5S2/c1-10(15)3-2-4-12(5-10)19(16,17)9-7(8(13)14)11-6-18-9/h6,15H,2-5H2,1H3,(H,13,14). The first-order chi connectivity index (χ1) is 8.74. The fourth-order valence-electron chi connectivity index (χ4n) is 2.06. The Morgan fingerprint density at radius 1 is 1.58 bits per heavy atom. The molecule has 1 saturated heterocycles. The number of rotatable bonds is 3. The molecule has 0 radical (unpaired) electrons. The largest absolute Gasteiger partial charge is 0.476 e. The van der Waals surface area contributed by atoms with Crippen molar-refractivity contribution in [3.05, 3.63) is 11.2 Å². The van der Waals surface area contributed by atoms with E-state index in [2.05, 4.69) is 4.98 Å². The Labute approximate surface area is 114 Å². The fraction of sp³-hybridized carbons (Fsp3) is 0.600. The quantitative estimate of drug-likeness (QED) is 0.835. The summed E-state index contributed by atoms with van der Waals surface area (Å²) in [6.07, 6.45) is 1.06. The average molecular weight is 306 g/mol. The molecule has 0 aliphatic carbocycles. The Balaban J connectivity index is 2.37. The Morgan fingerprint density at radius 3 is 2.84 bits per heavy atom. The zero-order valence-corrected chi connectivity index (χ0v) is 11.9. The van der Waals surface area contributed by atoms with Crippen LogP contribution in [0.5, 0.6) is 0 Å². The molecule has 1 aliphatic rings. The molecule has 9 heteroatoms. The number of carbonyl (C=O) groups is 1. The zero-order chi connectivity index (χ0) is 14.3. The van der Waals surface area contributed by atoms with Crippen LogP contribution in [-0.2, 0) is 10.0 Å². The number of aromatic nitrogens is 1. The van der Waals surface area contributed by atoms with E-state index in [-0.39, 0.29) is 17.3 Å². The molecule has 1 unspecified atom stereocenters. The summed E-state index contributed by atoms with van der Waals surface area (Å²) >= 11 is 0.775. The second-order valence-electron chi connectivity index (χ2n) is 4.73.